The summed E-state index contributed by atoms with van der Waals surface area (Å²) < 4.78 is 166. The minimum Gasteiger partial charge on any atom is -0.296 e. The monoisotopic (exact) mass is 446 g/mol. The molecule has 0 aliphatic carbocycles. The Morgan fingerprint density at radius 3 is 1.59 bits per heavy atom. The van der Waals surface area contributed by atoms with Gasteiger partial charge in [-0.15, -0.1) is 11.3 Å². The smallest absolute Gasteiger partial charge is 0.296 e. The number of hydrogen-bond donors (Lipinski definition) is 1. The molecule has 0 radical (unpaired) electrons. The fraction of sp³-hybridized carbons (Fsp3) is 0.600. The van der Waals surface area contributed by atoms with Crippen LogP contribution < -0.4 is 5.32 Å². The van der Waals surface area contributed by atoms with Gasteiger partial charge in [0.05, 0.1) is 0 Å². The van der Waals surface area contributed by atoms with Crippen LogP contribution >= 0.6 is 11.3 Å². The molecule has 1 aromatic heterocycles. The van der Waals surface area contributed by atoms with Crippen LogP contribution in [-0.2, 0) is 4.79 Å². The van der Waals surface area contributed by atoms with E-state index in [4.69, 9.17) is 0 Å². The average molecular weight is 446 g/mol. The maximum absolute atomic E-state index is 13.4. The zero-order chi connectivity index (χ0) is 21.7. The summed E-state index contributed by atoms with van der Waals surface area (Å²) in [7, 11) is 0. The number of nitrogens with one attached hydrogen (secondary N) is 1. The maximum atomic E-state index is 13.4. The number of alkyl halides is 13. The zero-order valence-corrected chi connectivity index (χ0v) is 12.6. The lowest BCUT2D eigenvalue weighted by atomic mass is 9.93. The first-order valence-corrected chi connectivity index (χ1v) is 6.80. The lowest BCUT2D eigenvalue weighted by Gasteiger charge is -2.39. The Labute approximate surface area is 143 Å². The Hall–Kier alpha value is -1.81. The van der Waals surface area contributed by atoms with E-state index in [1.54, 1.807) is 0 Å². The van der Waals surface area contributed by atoms with Crippen molar-refractivity contribution in [1.29, 1.82) is 0 Å². The van der Waals surface area contributed by atoms with Crippen LogP contribution in [0.4, 0.5) is 62.2 Å². The fourth-order valence-electron chi connectivity index (χ4n) is 1.37. The van der Waals surface area contributed by atoms with Crippen molar-refractivity contribution >= 4 is 22.4 Å². The lowest BCUT2D eigenvalue weighted by molar-refractivity contribution is -0.435. The van der Waals surface area contributed by atoms with Crippen LogP contribution in [0.15, 0.2) is 11.6 Å². The summed E-state index contributed by atoms with van der Waals surface area (Å²) in [4.78, 5) is 14.1. The van der Waals surface area contributed by atoms with Crippen molar-refractivity contribution < 1.29 is 61.9 Å². The number of thiazole rings is 1. The molecule has 0 unspecified atom stereocenters. The molecule has 0 aliphatic heterocycles. The van der Waals surface area contributed by atoms with Crippen molar-refractivity contribution in [2.75, 3.05) is 5.32 Å². The Balaban J connectivity index is 3.38. The molecule has 1 N–H and O–H groups in total. The molecule has 17 heteroatoms. The summed E-state index contributed by atoms with van der Waals surface area (Å²) >= 11 is 0.273. The zero-order valence-electron chi connectivity index (χ0n) is 11.8. The molecule has 0 aliphatic rings. The molecular formula is C10H3F13N2OS. The number of anilines is 1. The van der Waals surface area contributed by atoms with Gasteiger partial charge in [-0.25, -0.2) is 4.98 Å². The SMILES string of the molecule is O=C(Nc1nccs1)C(F)(F)C(F)(F)C(F)(F)C(F)(F)C(F)(F)C(F)(F)F. The maximum Gasteiger partial charge on any atom is 0.460 e. The third-order valence-electron chi connectivity index (χ3n) is 2.87. The fourth-order valence-corrected chi connectivity index (χ4v) is 1.90. The van der Waals surface area contributed by atoms with Crippen molar-refractivity contribution in [2.45, 2.75) is 35.8 Å². The van der Waals surface area contributed by atoms with E-state index in [1.165, 1.54) is 0 Å². The third kappa shape index (κ3) is 3.29. The molecule has 1 amide bonds. The molecule has 0 saturated heterocycles. The Kier molecular flexibility index (Phi) is 5.48. The van der Waals surface area contributed by atoms with Crippen LogP contribution in [0.25, 0.3) is 0 Å². The van der Waals surface area contributed by atoms with Gasteiger partial charge in [0.25, 0.3) is 0 Å². The van der Waals surface area contributed by atoms with Gasteiger partial charge in [0.1, 0.15) is 0 Å². The molecule has 0 spiro atoms. The van der Waals surface area contributed by atoms with Crippen LogP contribution in [0.5, 0.6) is 0 Å². The highest BCUT2D eigenvalue weighted by Gasteiger charge is 2.91. The van der Waals surface area contributed by atoms with E-state index in [9.17, 15) is 61.9 Å². The van der Waals surface area contributed by atoms with Crippen LogP contribution in [-0.4, -0.2) is 46.7 Å². The number of aromatic nitrogens is 1. The summed E-state index contributed by atoms with van der Waals surface area (Å²) in [6.07, 6.45) is -6.71. The molecule has 3 nitrogen and oxygen atoms in total. The van der Waals surface area contributed by atoms with Gasteiger partial charge in [0.2, 0.25) is 0 Å². The summed E-state index contributed by atoms with van der Waals surface area (Å²) in [5.41, 5.74) is 0. The normalized spacial score (nSPS) is 15.0. The molecular weight excluding hydrogens is 443 g/mol. The number of nitrogens with zero attached hydrogens (tertiary/aromatic N) is 1. The number of carbonyl (C=O) groups is 1. The molecule has 156 valence electrons. The second-order valence-electron chi connectivity index (χ2n) is 4.66. The summed E-state index contributed by atoms with van der Waals surface area (Å²) in [6.45, 7) is 0. The highest BCUT2D eigenvalue weighted by Crippen LogP contribution is 2.60. The molecule has 0 aromatic carbocycles. The topological polar surface area (TPSA) is 42.0 Å². The van der Waals surface area contributed by atoms with Gasteiger partial charge < -0.3 is 0 Å². The van der Waals surface area contributed by atoms with Crippen molar-refractivity contribution in [3.8, 4) is 0 Å². The summed E-state index contributed by atoms with van der Waals surface area (Å²) in [5, 5.41) is 0.857. The number of halogens is 13. The minimum atomic E-state index is -8.05. The van der Waals surface area contributed by atoms with Gasteiger partial charge in [-0.3, -0.25) is 10.1 Å². The van der Waals surface area contributed by atoms with Crippen LogP contribution in [0.2, 0.25) is 0 Å². The first-order valence-electron chi connectivity index (χ1n) is 5.92. The highest BCUT2D eigenvalue weighted by molar-refractivity contribution is 7.13. The van der Waals surface area contributed by atoms with Crippen molar-refractivity contribution in [3.05, 3.63) is 11.6 Å². The minimum absolute atomic E-state index is 0.273. The van der Waals surface area contributed by atoms with E-state index in [-0.39, 0.29) is 11.3 Å². The second-order valence-corrected chi connectivity index (χ2v) is 5.56. The Morgan fingerprint density at radius 2 is 1.22 bits per heavy atom. The van der Waals surface area contributed by atoms with Gasteiger partial charge in [-0.2, -0.15) is 57.1 Å². The summed E-state index contributed by atoms with van der Waals surface area (Å²) in [5.74, 6) is -41.8. The third-order valence-corrected chi connectivity index (χ3v) is 3.56. The van der Waals surface area contributed by atoms with E-state index in [1.807, 2.05) is 0 Å². The van der Waals surface area contributed by atoms with E-state index >= 15 is 0 Å². The molecule has 0 fully saturated rings. The van der Waals surface area contributed by atoms with Gasteiger partial charge in [0.15, 0.2) is 5.13 Å². The molecule has 1 aromatic rings. The largest absolute Gasteiger partial charge is 0.460 e. The second kappa shape index (κ2) is 6.37. The molecule has 0 saturated carbocycles. The van der Waals surface area contributed by atoms with Crippen molar-refractivity contribution in [2.24, 2.45) is 0 Å². The van der Waals surface area contributed by atoms with E-state index in [2.05, 4.69) is 4.98 Å². The quantitative estimate of drug-likeness (QED) is 0.637. The Bertz CT molecular complexity index is 682. The summed E-state index contributed by atoms with van der Waals surface area (Å²) in [6, 6.07) is 0. The average Bonchev–Trinajstić information content (AvgIpc) is 2.97. The molecule has 0 bridgehead atoms. The first kappa shape index (κ1) is 23.2. The lowest BCUT2D eigenvalue weighted by Crippen LogP contribution is -2.71. The van der Waals surface area contributed by atoms with E-state index in [0.717, 1.165) is 16.9 Å². The van der Waals surface area contributed by atoms with Gasteiger partial charge in [0, 0.05) is 11.6 Å². The van der Waals surface area contributed by atoms with E-state index in [0.29, 0.717) is 0 Å². The molecule has 27 heavy (non-hydrogen) atoms. The Morgan fingerprint density at radius 1 is 0.778 bits per heavy atom. The molecule has 0 atom stereocenters. The van der Waals surface area contributed by atoms with Crippen molar-refractivity contribution in [1.82, 2.24) is 4.98 Å². The highest BCUT2D eigenvalue weighted by atomic mass is 32.1. The van der Waals surface area contributed by atoms with Crippen LogP contribution in [0, 0.1) is 0 Å². The number of hydrogen-bond acceptors (Lipinski definition) is 3. The molecule has 1 rings (SSSR count). The predicted octanol–water partition coefficient (Wildman–Crippen LogP) is 4.82. The van der Waals surface area contributed by atoms with Crippen LogP contribution in [0.1, 0.15) is 0 Å². The standard InChI is InChI=1S/C10H3F13N2OS/c11-5(12,3(26)25-4-24-1-2-27-4)6(13,14)7(15,16)8(17,18)9(19,20)10(21,22)23/h1-2H,(H,24,25,26). The number of carbonyl (C=O) groups excluding carboxylic acids is 1. The van der Waals surface area contributed by atoms with Crippen LogP contribution in [0.3, 0.4) is 0 Å². The number of rotatable bonds is 6. The first-order chi connectivity index (χ1) is 11.7. The van der Waals surface area contributed by atoms with Gasteiger partial charge in [-0.1, -0.05) is 0 Å². The van der Waals surface area contributed by atoms with Crippen molar-refractivity contribution in [3.63, 3.8) is 0 Å². The molecule has 1 heterocycles. The number of amides is 1. The van der Waals surface area contributed by atoms with Gasteiger partial charge >= 0.3 is 41.7 Å². The predicted molar refractivity (Wildman–Crippen MR) is 61.5 cm³/mol. The van der Waals surface area contributed by atoms with Gasteiger partial charge in [-0.05, 0) is 0 Å². The van der Waals surface area contributed by atoms with E-state index < -0.39 is 46.8 Å².